The predicted molar refractivity (Wildman–Crippen MR) is 105 cm³/mol. The van der Waals surface area contributed by atoms with Gasteiger partial charge in [0.05, 0.1) is 11.3 Å². The van der Waals surface area contributed by atoms with Crippen LogP contribution >= 0.6 is 0 Å². The summed E-state index contributed by atoms with van der Waals surface area (Å²) in [5, 5.41) is 5.47. The van der Waals surface area contributed by atoms with Crippen molar-refractivity contribution < 1.29 is 14.4 Å². The third-order valence-corrected chi connectivity index (χ3v) is 4.34. The van der Waals surface area contributed by atoms with Gasteiger partial charge in [-0.25, -0.2) is 0 Å². The summed E-state index contributed by atoms with van der Waals surface area (Å²) in [4.78, 5) is 38.3. The van der Waals surface area contributed by atoms with E-state index in [1.807, 2.05) is 0 Å². The second kappa shape index (κ2) is 8.31. The molecule has 1 heterocycles. The SMILES string of the molecule is C=CCNC(=O)c1ccccc1NC(=O)c1ccc(N2CCCC2=O)cc1. The Morgan fingerprint density at radius 1 is 1.07 bits per heavy atom. The van der Waals surface area contributed by atoms with Gasteiger partial charge < -0.3 is 15.5 Å². The largest absolute Gasteiger partial charge is 0.349 e. The highest BCUT2D eigenvalue weighted by Gasteiger charge is 2.21. The molecule has 0 aromatic heterocycles. The Kier molecular flexibility index (Phi) is 5.66. The molecule has 0 radical (unpaired) electrons. The molecule has 3 rings (SSSR count). The number of hydrogen-bond acceptors (Lipinski definition) is 3. The van der Waals surface area contributed by atoms with Crippen molar-refractivity contribution in [3.05, 3.63) is 72.3 Å². The number of carbonyl (C=O) groups excluding carboxylic acids is 3. The van der Waals surface area contributed by atoms with Gasteiger partial charge in [0, 0.05) is 30.8 Å². The number of benzene rings is 2. The number of nitrogens with one attached hydrogen (secondary N) is 2. The van der Waals surface area contributed by atoms with Crippen molar-refractivity contribution in [2.24, 2.45) is 0 Å². The Morgan fingerprint density at radius 2 is 1.81 bits per heavy atom. The fourth-order valence-corrected chi connectivity index (χ4v) is 2.96. The number of para-hydroxylation sites is 1. The minimum absolute atomic E-state index is 0.103. The summed E-state index contributed by atoms with van der Waals surface area (Å²) < 4.78 is 0. The van der Waals surface area contributed by atoms with Crippen molar-refractivity contribution in [1.82, 2.24) is 5.32 Å². The van der Waals surface area contributed by atoms with Crippen LogP contribution in [0.5, 0.6) is 0 Å². The Labute approximate surface area is 157 Å². The lowest BCUT2D eigenvalue weighted by molar-refractivity contribution is -0.117. The Morgan fingerprint density at radius 3 is 2.48 bits per heavy atom. The second-order valence-corrected chi connectivity index (χ2v) is 6.19. The molecule has 0 spiro atoms. The highest BCUT2D eigenvalue weighted by atomic mass is 16.2. The van der Waals surface area contributed by atoms with Crippen LogP contribution in [0.1, 0.15) is 33.6 Å². The Hall–Kier alpha value is -3.41. The van der Waals surface area contributed by atoms with E-state index in [9.17, 15) is 14.4 Å². The average Bonchev–Trinajstić information content (AvgIpc) is 3.12. The van der Waals surface area contributed by atoms with Crippen LogP contribution in [-0.4, -0.2) is 30.8 Å². The molecule has 2 aromatic carbocycles. The first-order valence-corrected chi connectivity index (χ1v) is 8.80. The molecule has 0 bridgehead atoms. The van der Waals surface area contributed by atoms with Crippen LogP contribution in [0.2, 0.25) is 0 Å². The van der Waals surface area contributed by atoms with Gasteiger partial charge in [-0.1, -0.05) is 18.2 Å². The summed E-state index contributed by atoms with van der Waals surface area (Å²) in [7, 11) is 0. The molecule has 1 fully saturated rings. The zero-order chi connectivity index (χ0) is 19.2. The van der Waals surface area contributed by atoms with Crippen molar-refractivity contribution >= 4 is 29.1 Å². The molecule has 0 aliphatic carbocycles. The molecule has 1 saturated heterocycles. The summed E-state index contributed by atoms with van der Waals surface area (Å²) in [5.41, 5.74) is 2.06. The van der Waals surface area contributed by atoms with E-state index in [0.717, 1.165) is 12.1 Å². The van der Waals surface area contributed by atoms with E-state index < -0.39 is 0 Å². The van der Waals surface area contributed by atoms with E-state index in [1.165, 1.54) is 0 Å². The van der Waals surface area contributed by atoms with Gasteiger partial charge in [-0.3, -0.25) is 14.4 Å². The first kappa shape index (κ1) is 18.4. The van der Waals surface area contributed by atoms with Crippen LogP contribution in [-0.2, 0) is 4.79 Å². The van der Waals surface area contributed by atoms with Gasteiger partial charge in [-0.2, -0.15) is 0 Å². The lowest BCUT2D eigenvalue weighted by atomic mass is 10.1. The summed E-state index contributed by atoms with van der Waals surface area (Å²) >= 11 is 0. The van der Waals surface area contributed by atoms with E-state index in [1.54, 1.807) is 59.5 Å². The maximum atomic E-state index is 12.6. The van der Waals surface area contributed by atoms with E-state index in [2.05, 4.69) is 17.2 Å². The van der Waals surface area contributed by atoms with Gasteiger partial charge >= 0.3 is 0 Å². The van der Waals surface area contributed by atoms with Gasteiger partial charge in [0.2, 0.25) is 5.91 Å². The van der Waals surface area contributed by atoms with E-state index in [-0.39, 0.29) is 17.7 Å². The van der Waals surface area contributed by atoms with Crippen LogP contribution < -0.4 is 15.5 Å². The fourth-order valence-electron chi connectivity index (χ4n) is 2.96. The van der Waals surface area contributed by atoms with Gasteiger partial charge in [0.1, 0.15) is 0 Å². The Bertz CT molecular complexity index is 874. The van der Waals surface area contributed by atoms with Gasteiger partial charge in [0.15, 0.2) is 0 Å². The van der Waals surface area contributed by atoms with E-state index in [4.69, 9.17) is 0 Å². The maximum Gasteiger partial charge on any atom is 0.255 e. The van der Waals surface area contributed by atoms with Crippen molar-refractivity contribution in [2.45, 2.75) is 12.8 Å². The van der Waals surface area contributed by atoms with Crippen molar-refractivity contribution in [3.8, 4) is 0 Å². The van der Waals surface area contributed by atoms with Crippen molar-refractivity contribution in [3.63, 3.8) is 0 Å². The monoisotopic (exact) mass is 363 g/mol. The number of nitrogens with zero attached hydrogens (tertiary/aromatic N) is 1. The molecular weight excluding hydrogens is 342 g/mol. The maximum absolute atomic E-state index is 12.6. The molecule has 1 aliphatic heterocycles. The third-order valence-electron chi connectivity index (χ3n) is 4.34. The molecule has 27 heavy (non-hydrogen) atoms. The molecule has 0 unspecified atom stereocenters. The molecule has 6 heteroatoms. The fraction of sp³-hybridized carbons (Fsp3) is 0.190. The minimum atomic E-state index is -0.321. The highest BCUT2D eigenvalue weighted by Crippen LogP contribution is 2.22. The number of anilines is 2. The van der Waals surface area contributed by atoms with Crippen LogP contribution in [0.4, 0.5) is 11.4 Å². The number of amides is 3. The molecule has 2 aromatic rings. The highest BCUT2D eigenvalue weighted by molar-refractivity contribution is 6.09. The first-order chi connectivity index (χ1) is 13.1. The molecule has 6 nitrogen and oxygen atoms in total. The quantitative estimate of drug-likeness (QED) is 0.775. The molecule has 138 valence electrons. The summed E-state index contributed by atoms with van der Waals surface area (Å²) in [6, 6.07) is 13.7. The predicted octanol–water partition coefficient (Wildman–Crippen LogP) is 2.98. The molecule has 1 aliphatic rings. The lowest BCUT2D eigenvalue weighted by Crippen LogP contribution is -2.25. The van der Waals surface area contributed by atoms with Crippen molar-refractivity contribution in [2.75, 3.05) is 23.3 Å². The molecule has 0 atom stereocenters. The van der Waals surface area contributed by atoms with Crippen LogP contribution in [0.3, 0.4) is 0 Å². The summed E-state index contributed by atoms with van der Waals surface area (Å²) in [6.45, 7) is 4.62. The average molecular weight is 363 g/mol. The molecular formula is C21H21N3O3. The normalized spacial score (nSPS) is 13.3. The van der Waals surface area contributed by atoms with Crippen LogP contribution in [0, 0.1) is 0 Å². The summed E-state index contributed by atoms with van der Waals surface area (Å²) in [6.07, 6.45) is 3.00. The topological polar surface area (TPSA) is 78.5 Å². The van der Waals surface area contributed by atoms with Crippen LogP contribution in [0.15, 0.2) is 61.2 Å². The molecule has 0 saturated carbocycles. The van der Waals surface area contributed by atoms with Gasteiger partial charge in [0.25, 0.3) is 11.8 Å². The zero-order valence-corrected chi connectivity index (χ0v) is 14.9. The van der Waals surface area contributed by atoms with Crippen molar-refractivity contribution in [1.29, 1.82) is 0 Å². The minimum Gasteiger partial charge on any atom is -0.349 e. The number of carbonyl (C=O) groups is 3. The summed E-state index contributed by atoms with van der Waals surface area (Å²) in [5.74, 6) is -0.501. The van der Waals surface area contributed by atoms with Crippen LogP contribution in [0.25, 0.3) is 0 Å². The van der Waals surface area contributed by atoms with E-state index >= 15 is 0 Å². The zero-order valence-electron chi connectivity index (χ0n) is 14.9. The molecule has 2 N–H and O–H groups in total. The molecule has 3 amide bonds. The van der Waals surface area contributed by atoms with Gasteiger partial charge in [-0.05, 0) is 42.8 Å². The lowest BCUT2D eigenvalue weighted by Gasteiger charge is -2.16. The standard InChI is InChI=1S/C21H21N3O3/c1-2-13-22-21(27)17-6-3-4-7-18(17)23-20(26)15-9-11-16(12-10-15)24-14-5-8-19(24)25/h2-4,6-7,9-12H,1,5,8,13-14H2,(H,22,27)(H,23,26). The first-order valence-electron chi connectivity index (χ1n) is 8.80. The number of rotatable bonds is 6. The smallest absolute Gasteiger partial charge is 0.255 e. The van der Waals surface area contributed by atoms with E-state index in [0.29, 0.717) is 36.3 Å². The number of hydrogen-bond donors (Lipinski definition) is 2. The second-order valence-electron chi connectivity index (χ2n) is 6.19. The Balaban J connectivity index is 1.73. The third kappa shape index (κ3) is 4.23. The van der Waals surface area contributed by atoms with Gasteiger partial charge in [-0.15, -0.1) is 6.58 Å².